The van der Waals surface area contributed by atoms with E-state index >= 15 is 0 Å². The monoisotopic (exact) mass is 260 g/mol. The van der Waals surface area contributed by atoms with Gasteiger partial charge in [-0.2, -0.15) is 0 Å². The molecule has 0 heterocycles. The second-order valence-electron chi connectivity index (χ2n) is 4.06. The van der Waals surface area contributed by atoms with Gasteiger partial charge in [0, 0.05) is 5.02 Å². The van der Waals surface area contributed by atoms with Gasteiger partial charge in [-0.15, -0.1) is 0 Å². The van der Waals surface area contributed by atoms with Gasteiger partial charge in [-0.3, -0.25) is 4.72 Å². The minimum Gasteiger partial charge on any atom is -0.397 e. The lowest BCUT2D eigenvalue weighted by Crippen LogP contribution is -2.18. The SMILES string of the molecule is Nc1cc(Cl)ccc1NS(=O)(=O)CC1CC1. The second-order valence-corrected chi connectivity index (χ2v) is 6.26. The average Bonchev–Trinajstić information content (AvgIpc) is 2.93. The van der Waals surface area contributed by atoms with E-state index in [2.05, 4.69) is 4.72 Å². The minimum absolute atomic E-state index is 0.176. The van der Waals surface area contributed by atoms with Crippen LogP contribution in [-0.2, 0) is 10.0 Å². The van der Waals surface area contributed by atoms with Crippen LogP contribution in [-0.4, -0.2) is 14.2 Å². The summed E-state index contributed by atoms with van der Waals surface area (Å²) in [6.07, 6.45) is 1.99. The molecule has 1 aliphatic rings. The van der Waals surface area contributed by atoms with Gasteiger partial charge < -0.3 is 5.73 Å². The largest absolute Gasteiger partial charge is 0.397 e. The quantitative estimate of drug-likeness (QED) is 0.814. The fraction of sp³-hybridized carbons (Fsp3) is 0.400. The van der Waals surface area contributed by atoms with Crippen LogP contribution in [0.3, 0.4) is 0 Å². The molecule has 0 aliphatic heterocycles. The van der Waals surface area contributed by atoms with Crippen LogP contribution in [0.4, 0.5) is 11.4 Å². The van der Waals surface area contributed by atoms with Crippen molar-refractivity contribution in [2.75, 3.05) is 16.2 Å². The smallest absolute Gasteiger partial charge is 0.233 e. The predicted molar refractivity (Wildman–Crippen MR) is 66.0 cm³/mol. The van der Waals surface area contributed by atoms with E-state index in [9.17, 15) is 8.42 Å². The molecule has 0 atom stereocenters. The molecule has 0 unspecified atom stereocenters. The summed E-state index contributed by atoms with van der Waals surface area (Å²) in [4.78, 5) is 0. The zero-order valence-electron chi connectivity index (χ0n) is 8.61. The van der Waals surface area contributed by atoms with Crippen molar-refractivity contribution in [1.82, 2.24) is 0 Å². The van der Waals surface area contributed by atoms with E-state index in [1.807, 2.05) is 0 Å². The third-order valence-electron chi connectivity index (χ3n) is 2.43. The molecule has 6 heteroatoms. The highest BCUT2D eigenvalue weighted by Gasteiger charge is 2.28. The molecule has 1 aromatic carbocycles. The highest BCUT2D eigenvalue weighted by atomic mass is 35.5. The van der Waals surface area contributed by atoms with Gasteiger partial charge in [-0.25, -0.2) is 8.42 Å². The maximum Gasteiger partial charge on any atom is 0.233 e. The molecule has 0 bridgehead atoms. The van der Waals surface area contributed by atoms with Crippen molar-refractivity contribution >= 4 is 33.0 Å². The molecule has 0 amide bonds. The zero-order valence-corrected chi connectivity index (χ0v) is 10.2. The number of nitrogens with one attached hydrogen (secondary N) is 1. The lowest BCUT2D eigenvalue weighted by Gasteiger charge is -2.09. The molecule has 4 nitrogen and oxygen atoms in total. The summed E-state index contributed by atoms with van der Waals surface area (Å²) < 4.78 is 25.8. The number of sulfonamides is 1. The molecule has 88 valence electrons. The second kappa shape index (κ2) is 4.14. The van der Waals surface area contributed by atoms with Crippen LogP contribution >= 0.6 is 11.6 Å². The lowest BCUT2D eigenvalue weighted by molar-refractivity contribution is 0.597. The van der Waals surface area contributed by atoms with Gasteiger partial charge in [0.25, 0.3) is 0 Å². The highest BCUT2D eigenvalue weighted by molar-refractivity contribution is 7.92. The molecular formula is C10H13ClN2O2S. The summed E-state index contributed by atoms with van der Waals surface area (Å²) in [6.45, 7) is 0. The van der Waals surface area contributed by atoms with Gasteiger partial charge in [0.05, 0.1) is 17.1 Å². The number of hydrogen-bond donors (Lipinski definition) is 2. The molecule has 0 saturated heterocycles. The predicted octanol–water partition coefficient (Wildman–Crippen LogP) is 2.07. The normalized spacial score (nSPS) is 16.1. The summed E-state index contributed by atoms with van der Waals surface area (Å²) in [5, 5.41) is 0.489. The lowest BCUT2D eigenvalue weighted by atomic mass is 10.3. The zero-order chi connectivity index (χ0) is 11.8. The Morgan fingerprint density at radius 3 is 2.69 bits per heavy atom. The van der Waals surface area contributed by atoms with Crippen molar-refractivity contribution < 1.29 is 8.42 Å². The highest BCUT2D eigenvalue weighted by Crippen LogP contribution is 2.31. The number of rotatable bonds is 4. The fourth-order valence-corrected chi connectivity index (χ4v) is 3.17. The van der Waals surface area contributed by atoms with E-state index in [1.54, 1.807) is 12.1 Å². The minimum atomic E-state index is -3.28. The summed E-state index contributed by atoms with van der Waals surface area (Å²) >= 11 is 5.73. The number of nitrogen functional groups attached to an aromatic ring is 1. The van der Waals surface area contributed by atoms with Crippen molar-refractivity contribution in [1.29, 1.82) is 0 Å². The van der Waals surface area contributed by atoms with Crippen molar-refractivity contribution in [3.8, 4) is 0 Å². The van der Waals surface area contributed by atoms with Gasteiger partial charge in [0.2, 0.25) is 10.0 Å². The van der Waals surface area contributed by atoms with Crippen LogP contribution in [0.15, 0.2) is 18.2 Å². The third kappa shape index (κ3) is 3.02. The Morgan fingerprint density at radius 2 is 2.12 bits per heavy atom. The van der Waals surface area contributed by atoms with Crippen LogP contribution in [0.1, 0.15) is 12.8 Å². The molecular weight excluding hydrogens is 248 g/mol. The van der Waals surface area contributed by atoms with Gasteiger partial charge >= 0.3 is 0 Å². The Balaban J connectivity index is 2.13. The summed E-state index contributed by atoms with van der Waals surface area (Å²) in [6, 6.07) is 4.70. The molecule has 0 radical (unpaired) electrons. The molecule has 1 saturated carbocycles. The molecule has 0 spiro atoms. The van der Waals surface area contributed by atoms with Crippen molar-refractivity contribution in [3.63, 3.8) is 0 Å². The molecule has 3 N–H and O–H groups in total. The van der Waals surface area contributed by atoms with Crippen LogP contribution in [0.5, 0.6) is 0 Å². The Hall–Kier alpha value is -0.940. The molecule has 0 aromatic heterocycles. The van der Waals surface area contributed by atoms with Gasteiger partial charge in [0.1, 0.15) is 0 Å². The topological polar surface area (TPSA) is 72.2 Å². The number of anilines is 2. The van der Waals surface area contributed by atoms with E-state index in [4.69, 9.17) is 17.3 Å². The van der Waals surface area contributed by atoms with Crippen LogP contribution in [0.2, 0.25) is 5.02 Å². The fourth-order valence-electron chi connectivity index (χ4n) is 1.43. The van der Waals surface area contributed by atoms with Crippen molar-refractivity contribution in [2.45, 2.75) is 12.8 Å². The van der Waals surface area contributed by atoms with Gasteiger partial charge in [0.15, 0.2) is 0 Å². The molecule has 2 rings (SSSR count). The van der Waals surface area contributed by atoms with Crippen LogP contribution < -0.4 is 10.5 Å². The average molecular weight is 261 g/mol. The number of benzene rings is 1. The van der Waals surface area contributed by atoms with Crippen LogP contribution in [0, 0.1) is 5.92 Å². The summed E-state index contributed by atoms with van der Waals surface area (Å²) in [7, 11) is -3.28. The number of hydrogen-bond acceptors (Lipinski definition) is 3. The van der Waals surface area contributed by atoms with Crippen molar-refractivity contribution in [3.05, 3.63) is 23.2 Å². The number of halogens is 1. The molecule has 16 heavy (non-hydrogen) atoms. The van der Waals surface area contributed by atoms with E-state index in [0.717, 1.165) is 12.8 Å². The first kappa shape index (κ1) is 11.5. The first-order chi connectivity index (χ1) is 7.46. The van der Waals surface area contributed by atoms with Gasteiger partial charge in [-0.1, -0.05) is 11.6 Å². The van der Waals surface area contributed by atoms with E-state index in [1.165, 1.54) is 6.07 Å². The maximum atomic E-state index is 11.7. The van der Waals surface area contributed by atoms with E-state index in [0.29, 0.717) is 22.3 Å². The Morgan fingerprint density at radius 1 is 1.44 bits per heavy atom. The summed E-state index contributed by atoms with van der Waals surface area (Å²) in [5.41, 5.74) is 6.40. The third-order valence-corrected chi connectivity index (χ3v) is 4.11. The Kier molecular flexibility index (Phi) is 2.99. The molecule has 1 aliphatic carbocycles. The maximum absolute atomic E-state index is 11.7. The van der Waals surface area contributed by atoms with Gasteiger partial charge in [-0.05, 0) is 37.0 Å². The van der Waals surface area contributed by atoms with Crippen LogP contribution in [0.25, 0.3) is 0 Å². The first-order valence-electron chi connectivity index (χ1n) is 5.02. The molecule has 1 fully saturated rings. The van der Waals surface area contributed by atoms with E-state index < -0.39 is 10.0 Å². The first-order valence-corrected chi connectivity index (χ1v) is 7.05. The Bertz CT molecular complexity index is 498. The molecule has 1 aromatic rings. The summed E-state index contributed by atoms with van der Waals surface area (Å²) in [5.74, 6) is 0.487. The van der Waals surface area contributed by atoms with E-state index in [-0.39, 0.29) is 5.75 Å². The Labute approximate surface area is 99.8 Å². The standard InChI is InChI=1S/C10H13ClN2O2S/c11-8-3-4-10(9(12)5-8)13-16(14,15)6-7-1-2-7/h3-5,7,13H,1-2,6,12H2. The van der Waals surface area contributed by atoms with Crippen molar-refractivity contribution in [2.24, 2.45) is 5.92 Å². The number of nitrogens with two attached hydrogens (primary N) is 1.